The van der Waals surface area contributed by atoms with E-state index in [1.54, 1.807) is 48.5 Å². The van der Waals surface area contributed by atoms with E-state index in [0.29, 0.717) is 27.9 Å². The average Bonchev–Trinajstić information content (AvgIpc) is 2.69. The fourth-order valence-electron chi connectivity index (χ4n) is 3.36. The lowest BCUT2D eigenvalue weighted by molar-refractivity contribution is 0.0607. The van der Waals surface area contributed by atoms with Crippen LogP contribution < -0.4 is 5.32 Å². The van der Waals surface area contributed by atoms with Crippen LogP contribution in [0.1, 0.15) is 53.3 Å². The Morgan fingerprint density at radius 3 is 2.35 bits per heavy atom. The summed E-state index contributed by atoms with van der Waals surface area (Å²) in [5.41, 5.74) is 1.83. The Morgan fingerprint density at radius 1 is 1.04 bits per heavy atom. The Kier molecular flexibility index (Phi) is 5.94. The standard InChI is InChI=1S/C21H23ClN2O2/c1-2-19-5-3-4-14-24(19)21(26)16-8-6-15(7-9-16)20(25)23-18-12-10-17(22)11-13-18/h6-13,19H,2-5,14H2,1H3,(H,23,25). The van der Waals surface area contributed by atoms with Crippen molar-refractivity contribution in [2.45, 2.75) is 38.6 Å². The molecular formula is C21H23ClN2O2. The summed E-state index contributed by atoms with van der Waals surface area (Å²) in [7, 11) is 0. The summed E-state index contributed by atoms with van der Waals surface area (Å²) in [6.45, 7) is 2.94. The second kappa shape index (κ2) is 8.37. The van der Waals surface area contributed by atoms with E-state index in [1.807, 2.05) is 4.90 Å². The summed E-state index contributed by atoms with van der Waals surface area (Å²) in [5.74, 6) is -0.156. The van der Waals surface area contributed by atoms with Crippen molar-refractivity contribution in [3.63, 3.8) is 0 Å². The molecule has 0 radical (unpaired) electrons. The molecule has 0 spiro atoms. The van der Waals surface area contributed by atoms with Crippen LogP contribution >= 0.6 is 11.6 Å². The SMILES string of the molecule is CCC1CCCCN1C(=O)c1ccc(C(=O)Nc2ccc(Cl)cc2)cc1. The molecule has 0 saturated carbocycles. The fourth-order valence-corrected chi connectivity index (χ4v) is 3.48. The smallest absolute Gasteiger partial charge is 0.255 e. The van der Waals surface area contributed by atoms with Crippen LogP contribution in [0.2, 0.25) is 5.02 Å². The molecular weight excluding hydrogens is 348 g/mol. The highest BCUT2D eigenvalue weighted by molar-refractivity contribution is 6.30. The summed E-state index contributed by atoms with van der Waals surface area (Å²) < 4.78 is 0. The van der Waals surface area contributed by atoms with Crippen molar-refractivity contribution in [1.82, 2.24) is 4.90 Å². The normalized spacial score (nSPS) is 17.0. The molecule has 0 aromatic heterocycles. The lowest BCUT2D eigenvalue weighted by atomic mass is 9.98. The second-order valence-electron chi connectivity index (χ2n) is 6.59. The van der Waals surface area contributed by atoms with Crippen molar-refractivity contribution in [3.05, 3.63) is 64.7 Å². The van der Waals surface area contributed by atoms with Gasteiger partial charge in [0.1, 0.15) is 0 Å². The monoisotopic (exact) mass is 370 g/mol. The predicted octanol–water partition coefficient (Wildman–Crippen LogP) is 5.00. The van der Waals surface area contributed by atoms with E-state index in [-0.39, 0.29) is 11.8 Å². The molecule has 4 nitrogen and oxygen atoms in total. The molecule has 1 atom stereocenters. The van der Waals surface area contributed by atoms with Gasteiger partial charge in [0.05, 0.1) is 0 Å². The molecule has 136 valence electrons. The van der Waals surface area contributed by atoms with E-state index in [2.05, 4.69) is 12.2 Å². The molecule has 5 heteroatoms. The Labute approximate surface area is 159 Å². The first-order valence-electron chi connectivity index (χ1n) is 9.06. The third kappa shape index (κ3) is 4.25. The van der Waals surface area contributed by atoms with Crippen LogP contribution in [0.25, 0.3) is 0 Å². The number of piperidine rings is 1. The maximum absolute atomic E-state index is 12.8. The molecule has 26 heavy (non-hydrogen) atoms. The molecule has 1 saturated heterocycles. The summed E-state index contributed by atoms with van der Waals surface area (Å²) in [5, 5.41) is 3.44. The number of likely N-dealkylation sites (tertiary alicyclic amines) is 1. The van der Waals surface area contributed by atoms with Gasteiger partial charge >= 0.3 is 0 Å². The number of hydrogen-bond acceptors (Lipinski definition) is 2. The minimum absolute atomic E-state index is 0.0567. The number of carbonyl (C=O) groups is 2. The number of nitrogens with one attached hydrogen (secondary N) is 1. The van der Waals surface area contributed by atoms with Crippen LogP contribution in [0, 0.1) is 0 Å². The van der Waals surface area contributed by atoms with Gasteiger partial charge in [-0.05, 0) is 74.2 Å². The molecule has 2 aromatic rings. The highest BCUT2D eigenvalue weighted by atomic mass is 35.5. The molecule has 1 N–H and O–H groups in total. The van der Waals surface area contributed by atoms with Gasteiger partial charge in [-0.3, -0.25) is 9.59 Å². The molecule has 1 heterocycles. The second-order valence-corrected chi connectivity index (χ2v) is 7.03. The van der Waals surface area contributed by atoms with Gasteiger partial charge in [-0.25, -0.2) is 0 Å². The number of amides is 2. The van der Waals surface area contributed by atoms with E-state index in [9.17, 15) is 9.59 Å². The predicted molar refractivity (Wildman–Crippen MR) is 105 cm³/mol. The Morgan fingerprint density at radius 2 is 1.69 bits per heavy atom. The lowest BCUT2D eigenvalue weighted by Gasteiger charge is -2.35. The Bertz CT molecular complexity index is 772. The fraction of sp³-hybridized carbons (Fsp3) is 0.333. The van der Waals surface area contributed by atoms with Crippen LogP contribution in [0.15, 0.2) is 48.5 Å². The van der Waals surface area contributed by atoms with Crippen LogP contribution in [0.4, 0.5) is 5.69 Å². The molecule has 2 amide bonds. The molecule has 3 rings (SSSR count). The summed E-state index contributed by atoms with van der Waals surface area (Å²) in [4.78, 5) is 27.1. The van der Waals surface area contributed by atoms with Gasteiger partial charge in [-0.1, -0.05) is 18.5 Å². The highest BCUT2D eigenvalue weighted by Gasteiger charge is 2.26. The minimum Gasteiger partial charge on any atom is -0.336 e. The van der Waals surface area contributed by atoms with Gasteiger partial charge in [-0.2, -0.15) is 0 Å². The molecule has 0 aliphatic carbocycles. The number of rotatable bonds is 4. The van der Waals surface area contributed by atoms with Crippen molar-refractivity contribution in [2.75, 3.05) is 11.9 Å². The van der Waals surface area contributed by atoms with Crippen LogP contribution in [0.3, 0.4) is 0 Å². The van der Waals surface area contributed by atoms with Crippen molar-refractivity contribution in [2.24, 2.45) is 0 Å². The van der Waals surface area contributed by atoms with Gasteiger partial charge in [0.2, 0.25) is 0 Å². The summed E-state index contributed by atoms with van der Waals surface area (Å²) in [6.07, 6.45) is 4.30. The third-order valence-electron chi connectivity index (χ3n) is 4.86. The van der Waals surface area contributed by atoms with E-state index < -0.39 is 0 Å². The van der Waals surface area contributed by atoms with E-state index in [1.165, 1.54) is 6.42 Å². The zero-order chi connectivity index (χ0) is 18.5. The van der Waals surface area contributed by atoms with Gasteiger partial charge in [0, 0.05) is 34.4 Å². The van der Waals surface area contributed by atoms with E-state index in [0.717, 1.165) is 25.8 Å². The quantitative estimate of drug-likeness (QED) is 0.823. The number of carbonyl (C=O) groups excluding carboxylic acids is 2. The van der Waals surface area contributed by atoms with Gasteiger partial charge in [0.15, 0.2) is 0 Å². The zero-order valence-corrected chi connectivity index (χ0v) is 15.6. The van der Waals surface area contributed by atoms with Gasteiger partial charge in [0.25, 0.3) is 11.8 Å². The molecule has 2 aromatic carbocycles. The van der Waals surface area contributed by atoms with Crippen LogP contribution in [-0.4, -0.2) is 29.3 Å². The topological polar surface area (TPSA) is 49.4 Å². The molecule has 0 bridgehead atoms. The van der Waals surface area contributed by atoms with Gasteiger partial charge < -0.3 is 10.2 Å². The van der Waals surface area contributed by atoms with Crippen molar-refractivity contribution < 1.29 is 9.59 Å². The van der Waals surface area contributed by atoms with Crippen molar-refractivity contribution in [3.8, 4) is 0 Å². The maximum Gasteiger partial charge on any atom is 0.255 e. The van der Waals surface area contributed by atoms with E-state index >= 15 is 0 Å². The Hall–Kier alpha value is -2.33. The van der Waals surface area contributed by atoms with E-state index in [4.69, 9.17) is 11.6 Å². The first-order chi connectivity index (χ1) is 12.6. The minimum atomic E-state index is -0.212. The first kappa shape index (κ1) is 18.5. The van der Waals surface area contributed by atoms with Crippen molar-refractivity contribution in [1.29, 1.82) is 0 Å². The molecule has 1 aliphatic heterocycles. The number of anilines is 1. The summed E-state index contributed by atoms with van der Waals surface area (Å²) in [6, 6.07) is 14.1. The largest absolute Gasteiger partial charge is 0.336 e. The maximum atomic E-state index is 12.8. The number of nitrogens with zero attached hydrogens (tertiary/aromatic N) is 1. The van der Waals surface area contributed by atoms with Crippen molar-refractivity contribution >= 4 is 29.1 Å². The lowest BCUT2D eigenvalue weighted by Crippen LogP contribution is -2.43. The molecule has 1 unspecified atom stereocenters. The average molecular weight is 371 g/mol. The number of benzene rings is 2. The number of hydrogen-bond donors (Lipinski definition) is 1. The molecule has 1 aliphatic rings. The van der Waals surface area contributed by atoms with Crippen LogP contribution in [0.5, 0.6) is 0 Å². The number of halogens is 1. The zero-order valence-electron chi connectivity index (χ0n) is 14.9. The molecule has 1 fully saturated rings. The highest BCUT2D eigenvalue weighted by Crippen LogP contribution is 2.22. The first-order valence-corrected chi connectivity index (χ1v) is 9.44. The van der Waals surface area contributed by atoms with Crippen LogP contribution in [-0.2, 0) is 0 Å². The van der Waals surface area contributed by atoms with Gasteiger partial charge in [-0.15, -0.1) is 0 Å². The Balaban J connectivity index is 1.68. The summed E-state index contributed by atoms with van der Waals surface area (Å²) >= 11 is 5.85. The third-order valence-corrected chi connectivity index (χ3v) is 5.11.